The second kappa shape index (κ2) is 10.9. The molecule has 5 rings (SSSR count). The van der Waals surface area contributed by atoms with Gasteiger partial charge in [-0.05, 0) is 37.8 Å². The molecule has 4 heterocycles. The minimum Gasteiger partial charge on any atom is -0.470 e. The van der Waals surface area contributed by atoms with Gasteiger partial charge < -0.3 is 14.5 Å². The summed E-state index contributed by atoms with van der Waals surface area (Å²) in [6.45, 7) is 7.34. The number of hydrogen-bond donors (Lipinski definition) is 1. The van der Waals surface area contributed by atoms with Gasteiger partial charge in [0.15, 0.2) is 0 Å². The molecule has 12 nitrogen and oxygen atoms in total. The number of sulfonamides is 1. The van der Waals surface area contributed by atoms with Crippen molar-refractivity contribution in [3.05, 3.63) is 47.8 Å². The lowest BCUT2D eigenvalue weighted by atomic mass is 9.95. The third-order valence-electron chi connectivity index (χ3n) is 7.32. The van der Waals surface area contributed by atoms with Gasteiger partial charge in [0.05, 0.1) is 30.9 Å². The molecule has 2 saturated heterocycles. The Balaban J connectivity index is 1.35. The Kier molecular flexibility index (Phi) is 7.49. The lowest BCUT2D eigenvalue weighted by Crippen LogP contribution is -2.59. The van der Waals surface area contributed by atoms with Crippen molar-refractivity contribution in [2.75, 3.05) is 30.9 Å². The van der Waals surface area contributed by atoms with Crippen LogP contribution in [0.3, 0.4) is 0 Å². The molecule has 1 atom stereocenters. The number of nitrogens with zero attached hydrogens (tertiary/aromatic N) is 6. The normalized spacial score (nSPS) is 17.9. The molecule has 0 saturated carbocycles. The van der Waals surface area contributed by atoms with Crippen LogP contribution in [-0.2, 0) is 26.7 Å². The van der Waals surface area contributed by atoms with Crippen molar-refractivity contribution in [2.24, 2.45) is 13.0 Å². The van der Waals surface area contributed by atoms with Gasteiger partial charge in [-0.15, -0.1) is 0 Å². The second-order valence-corrected chi connectivity index (χ2v) is 12.1. The van der Waals surface area contributed by atoms with Crippen LogP contribution in [0.5, 0.6) is 5.88 Å². The summed E-state index contributed by atoms with van der Waals surface area (Å²) in [6.07, 6.45) is 3.90. The zero-order valence-electron chi connectivity index (χ0n) is 23.0. The van der Waals surface area contributed by atoms with E-state index >= 15 is 0 Å². The highest BCUT2D eigenvalue weighted by Crippen LogP contribution is 2.31. The van der Waals surface area contributed by atoms with Crippen LogP contribution in [0.25, 0.3) is 11.3 Å². The summed E-state index contributed by atoms with van der Waals surface area (Å²) in [5, 5.41) is 3.94. The Labute approximate surface area is 233 Å². The van der Waals surface area contributed by atoms with Crippen LogP contribution in [0.2, 0.25) is 0 Å². The van der Waals surface area contributed by atoms with Gasteiger partial charge in [-0.1, -0.05) is 18.2 Å². The molecule has 0 bridgehead atoms. The fourth-order valence-electron chi connectivity index (χ4n) is 5.18. The zero-order chi connectivity index (χ0) is 28.6. The van der Waals surface area contributed by atoms with Gasteiger partial charge in [0.25, 0.3) is 10.0 Å². The first-order chi connectivity index (χ1) is 19.0. The van der Waals surface area contributed by atoms with E-state index in [4.69, 9.17) is 4.74 Å². The molecule has 0 unspecified atom stereocenters. The number of aryl methyl sites for hydroxylation is 3. The number of rotatable bonds is 7. The number of aromatic nitrogens is 4. The molecule has 3 aromatic rings. The molecular formula is C27H33N7O5S. The first kappa shape index (κ1) is 27.6. The van der Waals surface area contributed by atoms with Crippen LogP contribution in [-0.4, -0.2) is 82.1 Å². The fourth-order valence-corrected chi connectivity index (χ4v) is 6.11. The van der Waals surface area contributed by atoms with Crippen molar-refractivity contribution >= 4 is 27.8 Å². The van der Waals surface area contributed by atoms with Gasteiger partial charge in [-0.2, -0.15) is 10.1 Å². The van der Waals surface area contributed by atoms with Gasteiger partial charge in [-0.3, -0.25) is 14.3 Å². The summed E-state index contributed by atoms with van der Waals surface area (Å²) in [5.41, 5.74) is 3.31. The smallest absolute Gasteiger partial charge is 0.267 e. The maximum atomic E-state index is 13.0. The van der Waals surface area contributed by atoms with E-state index in [2.05, 4.69) is 19.8 Å². The van der Waals surface area contributed by atoms with Crippen LogP contribution < -0.4 is 9.46 Å². The monoisotopic (exact) mass is 567 g/mol. The number of benzene rings is 1. The van der Waals surface area contributed by atoms with E-state index in [0.717, 1.165) is 29.5 Å². The number of likely N-dealkylation sites (tertiary alicyclic amines) is 2. The summed E-state index contributed by atoms with van der Waals surface area (Å²) in [5.74, 6) is -0.121. The molecule has 0 radical (unpaired) electrons. The van der Waals surface area contributed by atoms with Crippen LogP contribution in [0.4, 0.5) is 5.95 Å². The number of amides is 2. The molecule has 2 fully saturated rings. The fraction of sp³-hybridized carbons (Fsp3) is 0.444. The van der Waals surface area contributed by atoms with Crippen LogP contribution >= 0.6 is 0 Å². The van der Waals surface area contributed by atoms with Crippen molar-refractivity contribution in [1.29, 1.82) is 0 Å². The second-order valence-electron chi connectivity index (χ2n) is 10.4. The molecule has 0 aliphatic carbocycles. The largest absolute Gasteiger partial charge is 0.470 e. The minimum absolute atomic E-state index is 0.0132. The third kappa shape index (κ3) is 5.79. The van der Waals surface area contributed by atoms with E-state index < -0.39 is 10.0 Å². The Morgan fingerprint density at radius 2 is 1.80 bits per heavy atom. The molecule has 212 valence electrons. The predicted octanol–water partition coefficient (Wildman–Crippen LogP) is 2.14. The van der Waals surface area contributed by atoms with Crippen molar-refractivity contribution in [1.82, 2.24) is 29.5 Å². The molecule has 40 heavy (non-hydrogen) atoms. The molecule has 2 amide bonds. The predicted molar refractivity (Wildman–Crippen MR) is 147 cm³/mol. The molecule has 13 heteroatoms. The van der Waals surface area contributed by atoms with Gasteiger partial charge in [0.2, 0.25) is 23.6 Å². The number of carbonyl (C=O) groups excluding carboxylic acids is 2. The summed E-state index contributed by atoms with van der Waals surface area (Å²) in [4.78, 5) is 37.1. The molecule has 0 spiro atoms. The number of nitrogens with one attached hydrogen (secondary N) is 1. The third-order valence-corrected chi connectivity index (χ3v) is 8.60. The van der Waals surface area contributed by atoms with Crippen molar-refractivity contribution in [3.8, 4) is 17.1 Å². The van der Waals surface area contributed by atoms with Crippen molar-refractivity contribution in [3.63, 3.8) is 0 Å². The van der Waals surface area contributed by atoms with Gasteiger partial charge in [0, 0.05) is 44.9 Å². The highest BCUT2D eigenvalue weighted by atomic mass is 32.2. The average molecular weight is 568 g/mol. The van der Waals surface area contributed by atoms with Crippen LogP contribution in [0, 0.1) is 19.8 Å². The zero-order valence-corrected chi connectivity index (χ0v) is 23.8. The van der Waals surface area contributed by atoms with E-state index in [-0.39, 0.29) is 40.6 Å². The molecule has 1 aromatic carbocycles. The summed E-state index contributed by atoms with van der Waals surface area (Å²) >= 11 is 0. The maximum Gasteiger partial charge on any atom is 0.267 e. The van der Waals surface area contributed by atoms with Crippen molar-refractivity contribution < 1.29 is 22.7 Å². The topological polar surface area (TPSA) is 140 Å². The Morgan fingerprint density at radius 3 is 2.45 bits per heavy atom. The first-order valence-electron chi connectivity index (χ1n) is 13.2. The summed E-state index contributed by atoms with van der Waals surface area (Å²) in [7, 11) is -2.36. The molecule has 2 aliphatic heterocycles. The van der Waals surface area contributed by atoms with E-state index in [1.165, 1.54) is 24.0 Å². The molecular weight excluding hydrogens is 534 g/mol. The van der Waals surface area contributed by atoms with Crippen molar-refractivity contribution in [2.45, 2.75) is 44.6 Å². The Hall–Kier alpha value is -4.00. The van der Waals surface area contributed by atoms with Gasteiger partial charge in [0.1, 0.15) is 11.0 Å². The summed E-state index contributed by atoms with van der Waals surface area (Å²) < 4.78 is 35.9. The van der Waals surface area contributed by atoms with E-state index in [1.54, 1.807) is 22.9 Å². The lowest BCUT2D eigenvalue weighted by Gasteiger charge is -2.42. The number of carbonyl (C=O) groups is 2. The lowest BCUT2D eigenvalue weighted by molar-refractivity contribution is -0.147. The quantitative estimate of drug-likeness (QED) is 0.458. The van der Waals surface area contributed by atoms with Crippen LogP contribution in [0.1, 0.15) is 30.9 Å². The molecule has 1 N–H and O–H groups in total. The number of anilines is 1. The van der Waals surface area contributed by atoms with Gasteiger partial charge in [-0.25, -0.2) is 18.1 Å². The van der Waals surface area contributed by atoms with E-state index in [1.807, 2.05) is 32.0 Å². The standard InChI is InChI=1S/C27H33N7O5S/c1-17-7-5-8-18(2)25(17)23-11-24(30-27(29-23)31-40(37,38)22-12-28-32(4)16-22)39-21-14-34(15-21)26(36)20-9-6-10-33(13-20)19(3)35/h5,7-8,11-12,16,20-21H,6,9-10,13-15H2,1-4H3,(H,29,30,31)/t20-/m1/s1. The Bertz CT molecular complexity index is 1530. The Morgan fingerprint density at radius 1 is 1.07 bits per heavy atom. The SMILES string of the molecule is CC(=O)N1CCC[C@@H](C(=O)N2CC(Oc3cc(-c4c(C)cccc4C)nc(NS(=O)(=O)c4cnn(C)c4)n3)C2)C1. The number of ether oxygens (including phenoxy) is 1. The highest BCUT2D eigenvalue weighted by Gasteiger charge is 2.38. The molecule has 2 aromatic heterocycles. The number of hydrogen-bond acceptors (Lipinski definition) is 8. The minimum atomic E-state index is -3.99. The summed E-state index contributed by atoms with van der Waals surface area (Å²) in [6, 6.07) is 7.55. The highest BCUT2D eigenvalue weighted by molar-refractivity contribution is 7.92. The van der Waals surface area contributed by atoms with E-state index in [9.17, 15) is 18.0 Å². The molecule has 2 aliphatic rings. The average Bonchev–Trinajstić information content (AvgIpc) is 3.32. The van der Waals surface area contributed by atoms with E-state index in [0.29, 0.717) is 31.9 Å². The van der Waals surface area contributed by atoms with Gasteiger partial charge >= 0.3 is 0 Å². The van der Waals surface area contributed by atoms with Crippen LogP contribution in [0.15, 0.2) is 41.6 Å². The number of piperidine rings is 1. The first-order valence-corrected chi connectivity index (χ1v) is 14.7. The maximum absolute atomic E-state index is 13.0.